The zero-order valence-corrected chi connectivity index (χ0v) is 16.3. The minimum absolute atomic E-state index is 0.840. The third-order valence-electron chi connectivity index (χ3n) is 3.04. The summed E-state index contributed by atoms with van der Waals surface area (Å²) in [5, 5.41) is 3.66. The van der Waals surface area contributed by atoms with Crippen LogP contribution in [-0.4, -0.2) is 65.5 Å². The lowest BCUT2D eigenvalue weighted by atomic mass is 10.2. The molecule has 23 heavy (non-hydrogen) atoms. The lowest BCUT2D eigenvalue weighted by Crippen LogP contribution is -2.44. The maximum Gasteiger partial charge on any atom is 0.229 e. The Labute approximate surface area is 144 Å². The molecule has 0 aliphatic carbocycles. The summed E-state index contributed by atoms with van der Waals surface area (Å²) in [5.74, 6) is 5.47. The van der Waals surface area contributed by atoms with Crippen LogP contribution in [0.25, 0.3) is 0 Å². The Hall–Kier alpha value is 0.0300. The van der Waals surface area contributed by atoms with Crippen molar-refractivity contribution in [1.29, 1.82) is 0 Å². The summed E-state index contributed by atoms with van der Waals surface area (Å²) in [7, 11) is -1.74. The van der Waals surface area contributed by atoms with E-state index in [4.69, 9.17) is 5.84 Å². The number of halogens is 1. The van der Waals surface area contributed by atoms with Crippen molar-refractivity contribution >= 4 is 29.8 Å². The fourth-order valence-corrected chi connectivity index (χ4v) is 2.79. The second-order valence-corrected chi connectivity index (χ2v) is 10.5. The number of hydrogen-bond donors (Lipinski definition) is 2. The first kappa shape index (κ1) is 23.0. The Morgan fingerprint density at radius 3 is 1.43 bits per heavy atom. The van der Waals surface area contributed by atoms with Crippen LogP contribution in [0, 0.1) is 0 Å². The van der Waals surface area contributed by atoms with Crippen LogP contribution in [0.5, 0.6) is 0 Å². The Morgan fingerprint density at radius 2 is 1.17 bits per heavy atom. The fourth-order valence-electron chi connectivity index (χ4n) is 2.14. The van der Waals surface area contributed by atoms with E-state index in [-0.39, 0.29) is 0 Å². The highest BCUT2D eigenvalue weighted by Crippen LogP contribution is 2.06. The minimum atomic E-state index is -3.19. The van der Waals surface area contributed by atoms with E-state index >= 15 is 0 Å². The summed E-state index contributed by atoms with van der Waals surface area (Å²) in [6, 6.07) is 0. The number of nitrogens with one attached hydrogen (secondary N) is 1. The quantitative estimate of drug-likeness (QED) is 0.518. The lowest BCUT2D eigenvalue weighted by molar-refractivity contribution is 0.200. The highest BCUT2D eigenvalue weighted by Gasteiger charge is 2.12. The van der Waals surface area contributed by atoms with Gasteiger partial charge in [0.1, 0.15) is 0 Å². The number of sulfonamides is 1. The molecule has 2 fully saturated rings. The minimum Gasteiger partial charge on any atom is -0.269 e. The first-order chi connectivity index (χ1) is 10.5. The summed E-state index contributed by atoms with van der Waals surface area (Å²) < 4.78 is 40.3. The van der Waals surface area contributed by atoms with Crippen LogP contribution in [0.4, 0.5) is 0 Å². The predicted molar refractivity (Wildman–Crippen MR) is 93.7 cm³/mol. The second-order valence-electron chi connectivity index (χ2n) is 5.69. The molecule has 2 aliphatic rings. The Balaban J connectivity index is 0.000000347. The summed E-state index contributed by atoms with van der Waals surface area (Å²) >= 11 is 0. The molecule has 0 radical (unpaired) electrons. The molecule has 0 aromatic rings. The number of hydrogen-bond acceptors (Lipinski definition) is 7. The van der Waals surface area contributed by atoms with Crippen molar-refractivity contribution in [3.05, 3.63) is 0 Å². The SMILES string of the molecule is CS(=O)(=O)Cl.CS(=O)(=O)NN1CCCCC1.NN1CCCCC1. The largest absolute Gasteiger partial charge is 0.269 e. The van der Waals surface area contributed by atoms with Gasteiger partial charge in [0.05, 0.1) is 12.5 Å². The zero-order valence-electron chi connectivity index (χ0n) is 13.9. The molecule has 0 saturated carbocycles. The molecule has 2 rings (SSSR count). The molecule has 0 atom stereocenters. The van der Waals surface area contributed by atoms with Gasteiger partial charge in [-0.3, -0.25) is 5.84 Å². The third kappa shape index (κ3) is 20.0. The monoisotopic (exact) mass is 392 g/mol. The molecular weight excluding hydrogens is 364 g/mol. The molecule has 140 valence electrons. The van der Waals surface area contributed by atoms with Gasteiger partial charge in [-0.25, -0.2) is 26.9 Å². The smallest absolute Gasteiger partial charge is 0.229 e. The van der Waals surface area contributed by atoms with Gasteiger partial charge >= 0.3 is 0 Å². The molecule has 0 spiro atoms. The van der Waals surface area contributed by atoms with Gasteiger partial charge in [-0.1, -0.05) is 12.8 Å². The summed E-state index contributed by atoms with van der Waals surface area (Å²) in [4.78, 5) is 2.46. The van der Waals surface area contributed by atoms with E-state index in [1.54, 1.807) is 5.01 Å². The van der Waals surface area contributed by atoms with E-state index in [2.05, 4.69) is 15.5 Å². The first-order valence-electron chi connectivity index (χ1n) is 7.59. The number of nitrogens with two attached hydrogens (primary N) is 1. The van der Waals surface area contributed by atoms with Gasteiger partial charge in [-0.05, 0) is 25.7 Å². The molecule has 3 N–H and O–H groups in total. The van der Waals surface area contributed by atoms with E-state index in [0.29, 0.717) is 0 Å². The van der Waals surface area contributed by atoms with Gasteiger partial charge in [0.25, 0.3) is 0 Å². The molecule has 2 saturated heterocycles. The van der Waals surface area contributed by atoms with Crippen LogP contribution in [0.3, 0.4) is 0 Å². The van der Waals surface area contributed by atoms with Gasteiger partial charge in [-0.15, -0.1) is 4.83 Å². The van der Waals surface area contributed by atoms with Crippen molar-refractivity contribution in [1.82, 2.24) is 14.8 Å². The highest BCUT2D eigenvalue weighted by molar-refractivity contribution is 8.13. The number of nitrogens with zero attached hydrogens (tertiary/aromatic N) is 2. The van der Waals surface area contributed by atoms with Crippen molar-refractivity contribution in [2.45, 2.75) is 38.5 Å². The molecule has 0 amide bonds. The van der Waals surface area contributed by atoms with E-state index in [9.17, 15) is 16.8 Å². The zero-order chi connectivity index (χ0) is 17.9. The van der Waals surface area contributed by atoms with Gasteiger partial charge in [0, 0.05) is 36.9 Å². The van der Waals surface area contributed by atoms with Crippen molar-refractivity contribution in [2.24, 2.45) is 5.84 Å². The average Bonchev–Trinajstić information content (AvgIpc) is 2.37. The van der Waals surface area contributed by atoms with Crippen LogP contribution in [0.15, 0.2) is 0 Å². The van der Waals surface area contributed by atoms with Gasteiger partial charge in [0.15, 0.2) is 0 Å². The highest BCUT2D eigenvalue weighted by atomic mass is 35.7. The maximum atomic E-state index is 10.7. The van der Waals surface area contributed by atoms with Gasteiger partial charge < -0.3 is 0 Å². The first-order valence-corrected chi connectivity index (χ1v) is 12.2. The van der Waals surface area contributed by atoms with Crippen LogP contribution in [-0.2, 0) is 19.1 Å². The topological polar surface area (TPSA) is 113 Å². The maximum absolute atomic E-state index is 10.7. The molecule has 0 aromatic heterocycles. The molecular formula is C12H29ClN4O4S2. The third-order valence-corrected chi connectivity index (χ3v) is 3.63. The van der Waals surface area contributed by atoms with Crippen molar-refractivity contribution < 1.29 is 16.8 Å². The van der Waals surface area contributed by atoms with Gasteiger partial charge in [0.2, 0.25) is 19.1 Å². The van der Waals surface area contributed by atoms with Crippen molar-refractivity contribution in [3.8, 4) is 0 Å². The molecule has 2 aliphatic heterocycles. The van der Waals surface area contributed by atoms with Crippen LogP contribution in [0.1, 0.15) is 38.5 Å². The molecule has 8 nitrogen and oxygen atoms in total. The van der Waals surface area contributed by atoms with Gasteiger partial charge in [-0.2, -0.15) is 0 Å². The summed E-state index contributed by atoms with van der Waals surface area (Å²) in [6.45, 7) is 3.88. The number of rotatable bonds is 2. The number of hydrazine groups is 2. The predicted octanol–water partition coefficient (Wildman–Crippen LogP) is 0.467. The summed E-state index contributed by atoms with van der Waals surface area (Å²) in [5.41, 5.74) is 0. The molecule has 0 unspecified atom stereocenters. The standard InChI is InChI=1S/C6H14N2O2S.C5H12N2.CH3ClO2S/c1-11(9,10)7-8-5-3-2-4-6-8;6-7-4-2-1-3-5-7;1-5(2,3)4/h7H,2-6H2,1H3;1-6H2;1H3. The van der Waals surface area contributed by atoms with Crippen molar-refractivity contribution in [3.63, 3.8) is 0 Å². The van der Waals surface area contributed by atoms with E-state index in [0.717, 1.165) is 45.3 Å². The molecule has 0 aromatic carbocycles. The lowest BCUT2D eigenvalue weighted by Gasteiger charge is -2.25. The summed E-state index contributed by atoms with van der Waals surface area (Å²) in [6.07, 6.45) is 9.43. The van der Waals surface area contributed by atoms with Crippen LogP contribution >= 0.6 is 10.7 Å². The van der Waals surface area contributed by atoms with Crippen molar-refractivity contribution in [2.75, 3.05) is 38.7 Å². The fraction of sp³-hybridized carbons (Fsp3) is 1.00. The second kappa shape index (κ2) is 11.6. The molecule has 2 heterocycles. The Kier molecular flexibility index (Phi) is 11.6. The van der Waals surface area contributed by atoms with Crippen LogP contribution in [0.2, 0.25) is 0 Å². The number of piperidine rings is 2. The Morgan fingerprint density at radius 1 is 0.826 bits per heavy atom. The van der Waals surface area contributed by atoms with E-state index in [1.165, 1.54) is 31.9 Å². The Bertz CT molecular complexity index is 493. The molecule has 0 bridgehead atoms. The van der Waals surface area contributed by atoms with E-state index < -0.39 is 19.1 Å². The molecule has 11 heteroatoms. The van der Waals surface area contributed by atoms with Crippen LogP contribution < -0.4 is 10.7 Å². The normalized spacial score (nSPS) is 20.7. The van der Waals surface area contributed by atoms with E-state index in [1.807, 2.05) is 5.01 Å². The average molecular weight is 393 g/mol.